The summed E-state index contributed by atoms with van der Waals surface area (Å²) in [5.74, 6) is 0. The summed E-state index contributed by atoms with van der Waals surface area (Å²) in [5.41, 5.74) is 0. The summed E-state index contributed by atoms with van der Waals surface area (Å²) in [6, 6.07) is 0. The number of carbonyl (C=O) groups excluding carboxylic acids is 2. The fourth-order valence-electron chi connectivity index (χ4n) is 5.97. The molecule has 6 nitrogen and oxygen atoms in total. The van der Waals surface area contributed by atoms with Crippen LogP contribution in [0, 0.1) is 0 Å². The Kier molecular flexibility index (Phi) is 34.4. The fraction of sp³-hybridized carbons (Fsp3) is 0.946. The van der Waals surface area contributed by atoms with Gasteiger partial charge in [-0.1, -0.05) is 136 Å². The largest absolute Gasteiger partial charge is 0.357 e. The van der Waals surface area contributed by atoms with E-state index in [9.17, 15) is 9.59 Å². The second-order valence-electron chi connectivity index (χ2n) is 13.0. The lowest BCUT2D eigenvalue weighted by molar-refractivity contribution is -0.118. The van der Waals surface area contributed by atoms with Gasteiger partial charge >= 0.3 is 0 Å². The molecule has 256 valence electrons. The smallest absolute Gasteiger partial charge is 0.209 e. The van der Waals surface area contributed by atoms with Crippen molar-refractivity contribution in [2.45, 2.75) is 168 Å². The highest BCUT2D eigenvalue weighted by Gasteiger charge is 2.11. The number of amides is 2. The third-order valence-electron chi connectivity index (χ3n) is 8.91. The molecule has 0 aromatic carbocycles. The maximum atomic E-state index is 11.4. The normalized spacial score (nSPS) is 11.5. The van der Waals surface area contributed by atoms with Gasteiger partial charge in [0.1, 0.15) is 0 Å². The summed E-state index contributed by atoms with van der Waals surface area (Å²) in [6.07, 6.45) is 32.6. The van der Waals surface area contributed by atoms with Gasteiger partial charge in [-0.2, -0.15) is 0 Å². The lowest BCUT2D eigenvalue weighted by atomic mass is 10.1. The molecule has 0 aromatic rings. The van der Waals surface area contributed by atoms with Gasteiger partial charge in [0.15, 0.2) is 0 Å². The van der Waals surface area contributed by atoms with Crippen LogP contribution in [0.15, 0.2) is 0 Å². The van der Waals surface area contributed by atoms with Crippen molar-refractivity contribution in [1.82, 2.24) is 20.0 Å². The third-order valence-corrected chi connectivity index (χ3v) is 8.91. The molecule has 6 heteroatoms. The van der Waals surface area contributed by atoms with E-state index in [1.165, 1.54) is 168 Å². The average molecular weight is 609 g/mol. The topological polar surface area (TPSA) is 55.9 Å². The van der Waals surface area contributed by atoms with Crippen LogP contribution >= 0.6 is 0 Å². The Labute approximate surface area is 269 Å². The minimum absolute atomic E-state index is 0.528. The van der Waals surface area contributed by atoms with Crippen LogP contribution in [0.1, 0.15) is 168 Å². The molecule has 0 spiro atoms. The van der Waals surface area contributed by atoms with Crippen LogP contribution in [0.4, 0.5) is 0 Å². The maximum Gasteiger partial charge on any atom is 0.209 e. The molecule has 0 saturated heterocycles. The molecule has 0 aliphatic carbocycles. The molecule has 0 aliphatic heterocycles. The molecule has 0 radical (unpaired) electrons. The third kappa shape index (κ3) is 30.7. The monoisotopic (exact) mass is 609 g/mol. The van der Waals surface area contributed by atoms with Gasteiger partial charge in [-0.3, -0.25) is 9.59 Å². The van der Waals surface area contributed by atoms with Crippen LogP contribution in [0.5, 0.6) is 0 Å². The number of carbonyl (C=O) groups is 2. The van der Waals surface area contributed by atoms with E-state index >= 15 is 0 Å². The number of rotatable bonds is 37. The van der Waals surface area contributed by atoms with Crippen molar-refractivity contribution in [2.24, 2.45) is 0 Å². The fourth-order valence-corrected chi connectivity index (χ4v) is 5.97. The molecule has 0 bridgehead atoms. The van der Waals surface area contributed by atoms with E-state index in [2.05, 4.69) is 35.9 Å². The van der Waals surface area contributed by atoms with Gasteiger partial charge in [0.05, 0.1) is 0 Å². The zero-order chi connectivity index (χ0) is 31.5. The van der Waals surface area contributed by atoms with Crippen LogP contribution in [0.25, 0.3) is 0 Å². The lowest BCUT2D eigenvalue weighted by Gasteiger charge is -2.28. The van der Waals surface area contributed by atoms with Crippen molar-refractivity contribution in [3.05, 3.63) is 0 Å². The highest BCUT2D eigenvalue weighted by molar-refractivity contribution is 5.48. The highest BCUT2D eigenvalue weighted by atomic mass is 16.1. The molecule has 0 fully saturated rings. The number of hydrogen-bond donors (Lipinski definition) is 1. The van der Waals surface area contributed by atoms with Crippen LogP contribution in [-0.2, 0) is 9.59 Å². The lowest BCUT2D eigenvalue weighted by Crippen LogP contribution is -2.37. The van der Waals surface area contributed by atoms with E-state index in [1.54, 1.807) is 4.90 Å². The zero-order valence-corrected chi connectivity index (χ0v) is 29.4. The Morgan fingerprint density at radius 3 is 1.07 bits per heavy atom. The average Bonchev–Trinajstić information content (AvgIpc) is 3.02. The number of unbranched alkanes of at least 4 members (excludes halogenated alkanes) is 19. The number of hydrogen-bond acceptors (Lipinski definition) is 4. The highest BCUT2D eigenvalue weighted by Crippen LogP contribution is 2.12. The Balaban J connectivity index is 4.76. The summed E-state index contributed by atoms with van der Waals surface area (Å²) >= 11 is 0. The molecule has 0 rings (SSSR count). The van der Waals surface area contributed by atoms with E-state index in [4.69, 9.17) is 0 Å². The Hall–Kier alpha value is -1.14. The van der Waals surface area contributed by atoms with Gasteiger partial charge in [0, 0.05) is 32.7 Å². The summed E-state index contributed by atoms with van der Waals surface area (Å²) in [4.78, 5) is 29.2. The standard InChI is InChI=1S/C37H76N4O2/c1-4-7-10-13-16-19-22-28-39(29-23-20-17-14-11-8-5-2)34-35-40(30-24-21-18-15-12-9-6-3)31-25-26-32-41(37-43)33-27-38-36-42/h36-37H,4-35H2,1-3H3,(H,38,42). The first-order chi connectivity index (χ1) is 21.2. The summed E-state index contributed by atoms with van der Waals surface area (Å²) < 4.78 is 0. The molecule has 1 N–H and O–H groups in total. The van der Waals surface area contributed by atoms with E-state index < -0.39 is 0 Å². The molecule has 0 atom stereocenters. The van der Waals surface area contributed by atoms with E-state index in [1.807, 2.05) is 0 Å². The molecule has 0 aromatic heterocycles. The van der Waals surface area contributed by atoms with Gasteiger partial charge in [-0.15, -0.1) is 0 Å². The zero-order valence-electron chi connectivity index (χ0n) is 29.4. The molecule has 0 unspecified atom stereocenters. The molecule has 2 amide bonds. The van der Waals surface area contributed by atoms with Gasteiger partial charge in [-0.05, 0) is 58.3 Å². The Morgan fingerprint density at radius 1 is 0.395 bits per heavy atom. The first-order valence-corrected chi connectivity index (χ1v) is 19.0. The maximum absolute atomic E-state index is 11.4. The summed E-state index contributed by atoms with van der Waals surface area (Å²) in [5, 5.41) is 2.66. The predicted octanol–water partition coefficient (Wildman–Crippen LogP) is 8.83. The van der Waals surface area contributed by atoms with E-state index in [0.29, 0.717) is 19.5 Å². The van der Waals surface area contributed by atoms with Crippen molar-refractivity contribution < 1.29 is 9.59 Å². The van der Waals surface area contributed by atoms with Gasteiger partial charge < -0.3 is 20.0 Å². The molecular weight excluding hydrogens is 532 g/mol. The van der Waals surface area contributed by atoms with Gasteiger partial charge in [0.25, 0.3) is 0 Å². The van der Waals surface area contributed by atoms with Crippen LogP contribution in [0.3, 0.4) is 0 Å². The second kappa shape index (κ2) is 35.3. The van der Waals surface area contributed by atoms with Crippen molar-refractivity contribution in [1.29, 1.82) is 0 Å². The second-order valence-corrected chi connectivity index (χ2v) is 13.0. The van der Waals surface area contributed by atoms with E-state index in [0.717, 1.165) is 32.3 Å². The Morgan fingerprint density at radius 2 is 0.721 bits per heavy atom. The summed E-state index contributed by atoms with van der Waals surface area (Å²) in [6.45, 7) is 16.0. The SMILES string of the molecule is CCCCCCCCCN(CCCCCCCCC)CCN(CCCCCCCCC)CCCCN(C=O)CCNC=O. The van der Waals surface area contributed by atoms with Crippen LogP contribution in [-0.4, -0.2) is 86.4 Å². The van der Waals surface area contributed by atoms with Crippen LogP contribution in [0.2, 0.25) is 0 Å². The predicted molar refractivity (Wildman–Crippen MR) is 188 cm³/mol. The van der Waals surface area contributed by atoms with Gasteiger partial charge in [0.2, 0.25) is 12.8 Å². The molecule has 0 heterocycles. The number of nitrogens with zero attached hydrogens (tertiary/aromatic N) is 3. The first-order valence-electron chi connectivity index (χ1n) is 19.0. The molecular formula is C37H76N4O2. The van der Waals surface area contributed by atoms with Crippen molar-refractivity contribution >= 4 is 12.8 Å². The van der Waals surface area contributed by atoms with Crippen LogP contribution < -0.4 is 5.32 Å². The van der Waals surface area contributed by atoms with E-state index in [-0.39, 0.29) is 0 Å². The number of nitrogens with one attached hydrogen (secondary N) is 1. The summed E-state index contributed by atoms with van der Waals surface area (Å²) in [7, 11) is 0. The molecule has 0 aliphatic rings. The van der Waals surface area contributed by atoms with Crippen molar-refractivity contribution in [3.8, 4) is 0 Å². The quantitative estimate of drug-likeness (QED) is 0.0565. The van der Waals surface area contributed by atoms with Gasteiger partial charge in [-0.25, -0.2) is 0 Å². The van der Waals surface area contributed by atoms with Crippen molar-refractivity contribution in [3.63, 3.8) is 0 Å². The minimum Gasteiger partial charge on any atom is -0.357 e. The Bertz CT molecular complexity index is 545. The molecule has 0 saturated carbocycles. The van der Waals surface area contributed by atoms with Crippen molar-refractivity contribution in [2.75, 3.05) is 58.9 Å². The minimum atomic E-state index is 0.528. The first kappa shape index (κ1) is 41.9. The molecule has 43 heavy (non-hydrogen) atoms.